The van der Waals surface area contributed by atoms with Crippen molar-refractivity contribution in [2.45, 2.75) is 137 Å². The van der Waals surface area contributed by atoms with Gasteiger partial charge in [-0.2, -0.15) is 0 Å². The number of primary amides is 2. The summed E-state index contributed by atoms with van der Waals surface area (Å²) < 4.78 is 0. The van der Waals surface area contributed by atoms with E-state index in [0.29, 0.717) is 5.56 Å². The number of nitrogens with one attached hydrogen (secondary N) is 12. The molecule has 1 aromatic carbocycles. The number of fused-ring (bicyclic) bond motifs is 9. The maximum absolute atomic E-state index is 14.6. The van der Waals surface area contributed by atoms with Gasteiger partial charge in [0.1, 0.15) is 72.2 Å². The average Bonchev–Trinajstić information content (AvgIpc) is 1.76. The summed E-state index contributed by atoms with van der Waals surface area (Å²) >= 11 is 0. The first-order valence-electron chi connectivity index (χ1n) is 30.1. The van der Waals surface area contributed by atoms with Crippen LogP contribution < -0.4 is 87.2 Å². The average molecular weight is 1440 g/mol. The van der Waals surface area contributed by atoms with Crippen molar-refractivity contribution in [3.8, 4) is 5.75 Å². The molecule has 2 aromatic rings. The minimum absolute atomic E-state index is 0.0220. The highest BCUT2D eigenvalue weighted by Gasteiger charge is 2.41. The number of carbonyl (C=O) groups is 15. The molecular weight excluding hydrogens is 1360 g/mol. The molecule has 3 aliphatic heterocycles. The van der Waals surface area contributed by atoms with E-state index in [1.165, 1.54) is 43.7 Å². The van der Waals surface area contributed by atoms with E-state index in [-0.39, 0.29) is 69.0 Å². The van der Waals surface area contributed by atoms with E-state index in [9.17, 15) is 87.2 Å². The molecule has 3 fully saturated rings. The van der Waals surface area contributed by atoms with Crippen LogP contribution in [0.25, 0.3) is 0 Å². The fraction of sp³-hybridized carbons (Fsp3) is 0.545. The number of phenolic OH excluding ortho intramolecular Hbond substituents is 1. The van der Waals surface area contributed by atoms with Crippen LogP contribution in [0.5, 0.6) is 5.75 Å². The molecule has 532 valence electrons. The van der Waals surface area contributed by atoms with E-state index in [1.807, 2.05) is 0 Å². The van der Waals surface area contributed by atoms with Gasteiger partial charge in [0.15, 0.2) is 5.96 Å². The Hall–Kier alpha value is -9.13. The van der Waals surface area contributed by atoms with Gasteiger partial charge in [0, 0.05) is 67.3 Å². The molecule has 3 saturated heterocycles. The number of carbonyl (C=O) groups excluding carboxylic acids is 14. The fourth-order valence-corrected chi connectivity index (χ4v) is 14.2. The van der Waals surface area contributed by atoms with E-state index < -0.39 is 217 Å². The zero-order valence-corrected chi connectivity index (χ0v) is 55.5. The highest BCUT2D eigenvalue weighted by Crippen LogP contribution is 2.26. The number of guanidine groups is 1. The number of aliphatic hydroxyl groups is 1. The number of aliphatic imine (C=N–C) groups is 1. The fourth-order valence-electron chi connectivity index (χ4n) is 9.51. The number of aromatic hydroxyl groups is 1. The maximum Gasteiger partial charge on any atom is 0.303 e. The first-order chi connectivity index (χ1) is 46.0. The Balaban J connectivity index is 1.62. The quantitative estimate of drug-likeness (QED) is 0.0303. The largest absolute Gasteiger partial charge is 0.508 e. The number of carboxylic acid groups (broad SMARTS) is 1. The number of nitrogens with two attached hydrogens (primary N) is 5. The number of hydrogen-bond acceptors (Lipinski definition) is 24. The summed E-state index contributed by atoms with van der Waals surface area (Å²) in [4.78, 5) is 219. The molecule has 4 heterocycles. The molecule has 5 rings (SSSR count). The normalized spacial score (nSPS) is 25.8. The van der Waals surface area contributed by atoms with Gasteiger partial charge in [-0.25, -0.2) is 4.98 Å². The van der Waals surface area contributed by atoms with Crippen molar-refractivity contribution in [3.63, 3.8) is 0 Å². The summed E-state index contributed by atoms with van der Waals surface area (Å²) in [6.07, 6.45) is 0.138. The first-order valence-corrected chi connectivity index (χ1v) is 35.1. The molecule has 12 atom stereocenters. The second-order valence-corrected chi connectivity index (χ2v) is 27.4. The third kappa shape index (κ3) is 26.1. The Kier molecular flexibility index (Phi) is 31.7. The molecule has 0 radical (unpaired) electrons. The van der Waals surface area contributed by atoms with Crippen LogP contribution in [0.1, 0.15) is 63.1 Å². The highest BCUT2D eigenvalue weighted by atomic mass is 33.1. The van der Waals surface area contributed by atoms with Crippen molar-refractivity contribution >= 4 is 138 Å². The van der Waals surface area contributed by atoms with Crippen molar-refractivity contribution in [2.24, 2.45) is 33.7 Å². The van der Waals surface area contributed by atoms with Gasteiger partial charge in [-0.05, 0) is 56.7 Å². The predicted octanol–water partition coefficient (Wildman–Crippen LogP) is -8.74. The number of aliphatic hydroxyl groups excluding tert-OH is 1. The number of hydrogen-bond donors (Lipinski definition) is 20. The van der Waals surface area contributed by atoms with E-state index >= 15 is 0 Å². The molecule has 0 spiro atoms. The van der Waals surface area contributed by atoms with Gasteiger partial charge in [-0.1, -0.05) is 55.3 Å². The minimum Gasteiger partial charge on any atom is -0.508 e. The molecular formula is C55H80N20O18S4. The number of aromatic amines is 1. The van der Waals surface area contributed by atoms with E-state index in [4.69, 9.17) is 28.7 Å². The second kappa shape index (κ2) is 39.2. The summed E-state index contributed by atoms with van der Waals surface area (Å²) in [6.45, 7) is -0.925. The molecule has 1 aromatic heterocycles. The summed E-state index contributed by atoms with van der Waals surface area (Å²) in [5.41, 5.74) is 29.0. The van der Waals surface area contributed by atoms with Crippen molar-refractivity contribution in [1.82, 2.24) is 73.4 Å². The SMILES string of the molecule is C[C@@H]1NC(=O)[C@@H]2CCCN2C(=O)[C@H](CC(N)=O)NC(=O)[C@@H]2CSSCC(C(N)=O)NC(=O)[C@H](CO)NC(=O)C(Cc3ccc(O)cc3)NC(=O)[C@H](Cc3cnc[nH]3)NC(=O)[C@H](CCCN=C(N)N)NC(=O)CNC(=O)[C@H](CSSC[C@H](NC(=O)[C@@H](N)CCC(=O)O)C(=O)N2)NC1=O. The molecule has 2 unspecified atom stereocenters. The lowest BCUT2D eigenvalue weighted by Crippen LogP contribution is -2.61. The number of H-pyrrole nitrogens is 1. The van der Waals surface area contributed by atoms with Crippen molar-refractivity contribution in [1.29, 1.82) is 0 Å². The van der Waals surface area contributed by atoms with Crippen LogP contribution in [-0.2, 0) is 84.8 Å². The molecule has 0 aliphatic carbocycles. The first kappa shape index (κ1) is 78.6. The lowest BCUT2D eigenvalue weighted by Gasteiger charge is -2.30. The zero-order valence-electron chi connectivity index (χ0n) is 52.2. The van der Waals surface area contributed by atoms with Gasteiger partial charge in [0.25, 0.3) is 0 Å². The van der Waals surface area contributed by atoms with Gasteiger partial charge >= 0.3 is 5.97 Å². The van der Waals surface area contributed by atoms with E-state index in [1.54, 1.807) is 0 Å². The zero-order chi connectivity index (χ0) is 71.5. The number of rotatable bonds is 17. The summed E-state index contributed by atoms with van der Waals surface area (Å²) in [5.74, 6) is -18.2. The summed E-state index contributed by atoms with van der Waals surface area (Å²) in [6, 6.07) is -14.0. The Labute approximate surface area is 569 Å². The third-order valence-corrected chi connectivity index (χ3v) is 19.6. The van der Waals surface area contributed by atoms with E-state index in [2.05, 4.69) is 73.4 Å². The van der Waals surface area contributed by atoms with Crippen LogP contribution in [0, 0.1) is 0 Å². The van der Waals surface area contributed by atoms with Crippen LogP contribution in [0.4, 0.5) is 0 Å². The topological polar surface area (TPSA) is 623 Å². The Morgan fingerprint density at radius 3 is 1.91 bits per heavy atom. The van der Waals surface area contributed by atoms with Crippen molar-refractivity contribution in [2.75, 3.05) is 49.3 Å². The number of aromatic nitrogens is 2. The number of aliphatic carboxylic acids is 1. The van der Waals surface area contributed by atoms with Crippen LogP contribution in [0.3, 0.4) is 0 Å². The van der Waals surface area contributed by atoms with Crippen molar-refractivity contribution in [3.05, 3.63) is 48.0 Å². The molecule has 3 aliphatic rings. The maximum atomic E-state index is 14.6. The Bertz CT molecular complexity index is 3210. The number of carboxylic acids is 1. The molecule has 14 amide bonds. The Morgan fingerprint density at radius 2 is 1.29 bits per heavy atom. The van der Waals surface area contributed by atoms with Crippen molar-refractivity contribution < 1.29 is 87.2 Å². The van der Waals surface area contributed by atoms with Crippen LogP contribution in [-0.4, -0.2) is 247 Å². The van der Waals surface area contributed by atoms with Crippen LogP contribution >= 0.6 is 43.2 Å². The molecule has 25 N–H and O–H groups in total. The Morgan fingerprint density at radius 1 is 0.691 bits per heavy atom. The molecule has 97 heavy (non-hydrogen) atoms. The molecule has 2 bridgehead atoms. The summed E-state index contributed by atoms with van der Waals surface area (Å²) in [7, 11) is 3.20. The van der Waals surface area contributed by atoms with Crippen LogP contribution in [0.15, 0.2) is 41.8 Å². The minimum atomic E-state index is -1.87. The van der Waals surface area contributed by atoms with E-state index in [0.717, 1.165) is 48.1 Å². The van der Waals surface area contributed by atoms with Crippen LogP contribution in [0.2, 0.25) is 0 Å². The third-order valence-electron chi connectivity index (χ3n) is 14.7. The highest BCUT2D eigenvalue weighted by molar-refractivity contribution is 8.77. The molecule has 42 heteroatoms. The lowest BCUT2D eigenvalue weighted by atomic mass is 10.0. The number of nitrogens with zero attached hydrogens (tertiary/aromatic N) is 3. The second-order valence-electron chi connectivity index (χ2n) is 22.3. The van der Waals surface area contributed by atoms with Gasteiger partial charge in [-0.15, -0.1) is 0 Å². The number of phenols is 1. The smallest absolute Gasteiger partial charge is 0.303 e. The molecule has 38 nitrogen and oxygen atoms in total. The van der Waals surface area contributed by atoms with Gasteiger partial charge < -0.3 is 112 Å². The standard InChI is InChI=1S/C55H80N20O18S4/c1-25-44(83)72-36-21-95-97-22-37(73-45(84)29(56)10-11-42(80)81)52(91)74-38(51(90)69-33(16-40(57)78)54(93)75-13-3-5-39(75)53(92)65-25)23-96-94-20-35(43(58)82)71-50(89)34(19-76)70-48(87)31(14-26-6-8-28(77)9-7-26)67-49(88)32(15-27-17-61-24-64-27)68-47(86)30(4-2-12-62-55(59)60)66-41(79)18-63-46(36)85/h6-9,17,24-25,29-39,76-77H,2-5,10-16,18-23,56H2,1H3,(H2,57,78)(H2,58,82)(H,61,64)(H,63,85)(H,65,92)(H,66,79)(H,67,88)(H,68,86)(H,69,90)(H,70,87)(H,71,89)(H,72,83)(H,73,84)(H,74,91)(H,80,81)(H4,59,60,62)/t25-,29-,30-,31?,32-,33-,34-,35?,36-,37-,38-,39-/m0/s1. The van der Waals surface area contributed by atoms with Gasteiger partial charge in [-0.3, -0.25) is 76.9 Å². The number of imidazole rings is 1. The summed E-state index contributed by atoms with van der Waals surface area (Å²) in [5, 5.41) is 57.0. The molecule has 0 saturated carbocycles. The predicted molar refractivity (Wildman–Crippen MR) is 352 cm³/mol. The number of amides is 14. The monoisotopic (exact) mass is 1440 g/mol. The lowest BCUT2D eigenvalue weighted by molar-refractivity contribution is -0.143. The number of benzene rings is 1. The van der Waals surface area contributed by atoms with Gasteiger partial charge in [0.2, 0.25) is 82.7 Å². The van der Waals surface area contributed by atoms with Gasteiger partial charge in [0.05, 0.1) is 31.9 Å².